The average Bonchev–Trinajstić information content (AvgIpc) is 3.40. The standard InChI is InChI=1S/C68H126O6/c1-4-7-10-13-16-19-22-25-28-31-33-34-35-36-38-40-43-46-49-52-55-58-61-67(70)73-64-65(63-72-66(69)60-57-54-51-48-45-42-39-30-27-24-21-18-15-12-9-6-3)74-68(71)62-59-56-53-50-47-44-41-37-32-29-26-23-20-17-14-11-8-5-2/h21,24,29-30,32,39,65H,4-20,22-23,25-28,31,33-38,40-64H2,1-3H3/b24-21-,32-29-,39-30-. The summed E-state index contributed by atoms with van der Waals surface area (Å²) in [4.78, 5) is 38.3. The SMILES string of the molecule is CCCCCC/C=C\C/C=C\CCCCCCCC(=O)OCC(COC(=O)CCCCCCCCCCCCCCCCCCCCCCCC)OC(=O)CCCCCCCCC/C=C\CCCCCCCCC. The molecule has 0 aromatic rings. The molecule has 0 aliphatic heterocycles. The first kappa shape index (κ1) is 71.6. The van der Waals surface area contributed by atoms with Gasteiger partial charge in [0.15, 0.2) is 6.10 Å². The minimum atomic E-state index is -0.779. The number of unbranched alkanes of at least 4 members (excludes halogenated alkanes) is 44. The van der Waals surface area contributed by atoms with Crippen molar-refractivity contribution in [2.75, 3.05) is 13.2 Å². The van der Waals surface area contributed by atoms with Crippen LogP contribution in [0.1, 0.15) is 361 Å². The summed E-state index contributed by atoms with van der Waals surface area (Å²) in [6.07, 6.45) is 77.2. The highest BCUT2D eigenvalue weighted by atomic mass is 16.6. The van der Waals surface area contributed by atoms with E-state index in [1.165, 1.54) is 244 Å². The zero-order chi connectivity index (χ0) is 53.6. The van der Waals surface area contributed by atoms with Gasteiger partial charge in [0.2, 0.25) is 0 Å². The van der Waals surface area contributed by atoms with Crippen molar-refractivity contribution in [3.05, 3.63) is 36.5 Å². The maximum Gasteiger partial charge on any atom is 0.306 e. The van der Waals surface area contributed by atoms with Crippen LogP contribution in [-0.2, 0) is 28.6 Å². The van der Waals surface area contributed by atoms with Crippen LogP contribution < -0.4 is 0 Å². The Balaban J connectivity index is 4.32. The number of hydrogen-bond acceptors (Lipinski definition) is 6. The Morgan fingerprint density at radius 3 is 0.770 bits per heavy atom. The Bertz CT molecular complexity index is 1240. The highest BCUT2D eigenvalue weighted by Gasteiger charge is 2.19. The lowest BCUT2D eigenvalue weighted by Crippen LogP contribution is -2.30. The van der Waals surface area contributed by atoms with E-state index < -0.39 is 6.10 Å². The van der Waals surface area contributed by atoms with Gasteiger partial charge in [-0.15, -0.1) is 0 Å². The maximum absolute atomic E-state index is 12.9. The predicted octanol–water partition coefficient (Wildman–Crippen LogP) is 22.4. The van der Waals surface area contributed by atoms with Crippen molar-refractivity contribution < 1.29 is 28.6 Å². The molecule has 0 aliphatic rings. The molecular formula is C68H126O6. The Labute approximate surface area is 461 Å². The van der Waals surface area contributed by atoms with Crippen molar-refractivity contribution in [3.8, 4) is 0 Å². The molecule has 1 unspecified atom stereocenters. The van der Waals surface area contributed by atoms with Gasteiger partial charge in [-0.3, -0.25) is 14.4 Å². The molecule has 0 saturated heterocycles. The van der Waals surface area contributed by atoms with Gasteiger partial charge in [0.1, 0.15) is 13.2 Å². The van der Waals surface area contributed by atoms with Crippen LogP contribution in [0.5, 0.6) is 0 Å². The zero-order valence-electron chi connectivity index (χ0n) is 49.9. The maximum atomic E-state index is 12.9. The summed E-state index contributed by atoms with van der Waals surface area (Å²) < 4.78 is 17.0. The monoisotopic (exact) mass is 1040 g/mol. The van der Waals surface area contributed by atoms with Crippen LogP contribution >= 0.6 is 0 Å². The summed E-state index contributed by atoms with van der Waals surface area (Å²) >= 11 is 0. The number of esters is 3. The van der Waals surface area contributed by atoms with Gasteiger partial charge >= 0.3 is 17.9 Å². The Morgan fingerprint density at radius 1 is 0.270 bits per heavy atom. The van der Waals surface area contributed by atoms with E-state index in [0.29, 0.717) is 19.3 Å². The molecule has 0 N–H and O–H groups in total. The third-order valence-corrected chi connectivity index (χ3v) is 14.9. The quantitative estimate of drug-likeness (QED) is 0.0261. The molecule has 434 valence electrons. The highest BCUT2D eigenvalue weighted by Crippen LogP contribution is 2.18. The summed E-state index contributed by atoms with van der Waals surface area (Å²) in [6.45, 7) is 6.67. The fourth-order valence-corrected chi connectivity index (χ4v) is 9.88. The third kappa shape index (κ3) is 60.5. The van der Waals surface area contributed by atoms with Crippen LogP contribution in [0, 0.1) is 0 Å². The number of rotatable bonds is 61. The van der Waals surface area contributed by atoms with E-state index in [0.717, 1.165) is 77.0 Å². The smallest absolute Gasteiger partial charge is 0.306 e. The van der Waals surface area contributed by atoms with Gasteiger partial charge in [0.25, 0.3) is 0 Å². The van der Waals surface area contributed by atoms with Crippen molar-refractivity contribution in [1.29, 1.82) is 0 Å². The van der Waals surface area contributed by atoms with E-state index >= 15 is 0 Å². The van der Waals surface area contributed by atoms with Gasteiger partial charge in [-0.05, 0) is 77.0 Å². The van der Waals surface area contributed by atoms with Crippen molar-refractivity contribution in [1.82, 2.24) is 0 Å². The lowest BCUT2D eigenvalue weighted by Gasteiger charge is -2.18. The molecule has 0 aromatic carbocycles. The topological polar surface area (TPSA) is 78.9 Å². The number of ether oxygens (including phenoxy) is 3. The van der Waals surface area contributed by atoms with Gasteiger partial charge < -0.3 is 14.2 Å². The number of carbonyl (C=O) groups excluding carboxylic acids is 3. The first-order chi connectivity index (χ1) is 36.5. The van der Waals surface area contributed by atoms with E-state index in [1.54, 1.807) is 0 Å². The van der Waals surface area contributed by atoms with Gasteiger partial charge in [0.05, 0.1) is 0 Å². The molecule has 0 rings (SSSR count). The zero-order valence-corrected chi connectivity index (χ0v) is 49.9. The number of hydrogen-bond donors (Lipinski definition) is 0. The van der Waals surface area contributed by atoms with Crippen LogP contribution in [0.4, 0.5) is 0 Å². The van der Waals surface area contributed by atoms with Crippen LogP contribution in [0.3, 0.4) is 0 Å². The van der Waals surface area contributed by atoms with Crippen molar-refractivity contribution in [2.24, 2.45) is 0 Å². The highest BCUT2D eigenvalue weighted by molar-refractivity contribution is 5.71. The summed E-state index contributed by atoms with van der Waals surface area (Å²) in [5, 5.41) is 0. The second-order valence-corrected chi connectivity index (χ2v) is 22.4. The molecule has 0 aliphatic carbocycles. The molecule has 0 amide bonds. The molecule has 0 fully saturated rings. The fourth-order valence-electron chi connectivity index (χ4n) is 9.88. The van der Waals surface area contributed by atoms with Crippen molar-refractivity contribution >= 4 is 17.9 Å². The van der Waals surface area contributed by atoms with E-state index in [1.807, 2.05) is 0 Å². The van der Waals surface area contributed by atoms with Crippen LogP contribution in [-0.4, -0.2) is 37.2 Å². The summed E-state index contributed by atoms with van der Waals surface area (Å²) in [7, 11) is 0. The first-order valence-corrected chi connectivity index (χ1v) is 33.0. The van der Waals surface area contributed by atoms with E-state index in [2.05, 4.69) is 57.2 Å². The number of carbonyl (C=O) groups is 3. The second kappa shape index (κ2) is 63.2. The molecule has 0 radical (unpaired) electrons. The largest absolute Gasteiger partial charge is 0.462 e. The van der Waals surface area contributed by atoms with Gasteiger partial charge in [-0.1, -0.05) is 301 Å². The Morgan fingerprint density at radius 2 is 0.486 bits per heavy atom. The molecule has 0 aromatic heterocycles. The molecule has 0 spiro atoms. The van der Waals surface area contributed by atoms with Crippen molar-refractivity contribution in [2.45, 2.75) is 367 Å². The molecule has 0 heterocycles. The molecule has 74 heavy (non-hydrogen) atoms. The van der Waals surface area contributed by atoms with Crippen LogP contribution in [0.15, 0.2) is 36.5 Å². The van der Waals surface area contributed by atoms with Gasteiger partial charge in [-0.25, -0.2) is 0 Å². The number of allylic oxidation sites excluding steroid dienone is 6. The third-order valence-electron chi connectivity index (χ3n) is 14.9. The molecule has 0 bridgehead atoms. The fraction of sp³-hybridized carbons (Fsp3) is 0.868. The van der Waals surface area contributed by atoms with Crippen LogP contribution in [0.2, 0.25) is 0 Å². The Hall–Kier alpha value is -2.37. The van der Waals surface area contributed by atoms with Crippen molar-refractivity contribution in [3.63, 3.8) is 0 Å². The molecule has 0 saturated carbocycles. The summed E-state index contributed by atoms with van der Waals surface area (Å²) in [6, 6.07) is 0. The normalized spacial score (nSPS) is 12.2. The van der Waals surface area contributed by atoms with E-state index in [-0.39, 0.29) is 31.1 Å². The van der Waals surface area contributed by atoms with E-state index in [4.69, 9.17) is 14.2 Å². The molecule has 1 atom stereocenters. The lowest BCUT2D eigenvalue weighted by atomic mass is 10.0. The van der Waals surface area contributed by atoms with Crippen LogP contribution in [0.25, 0.3) is 0 Å². The van der Waals surface area contributed by atoms with Gasteiger partial charge in [0, 0.05) is 19.3 Å². The minimum absolute atomic E-state index is 0.0742. The molecule has 6 nitrogen and oxygen atoms in total. The molecular weight excluding hydrogens is 913 g/mol. The predicted molar refractivity (Wildman–Crippen MR) is 321 cm³/mol. The average molecular weight is 1040 g/mol. The minimum Gasteiger partial charge on any atom is -0.462 e. The van der Waals surface area contributed by atoms with E-state index in [9.17, 15) is 14.4 Å². The second-order valence-electron chi connectivity index (χ2n) is 22.4. The first-order valence-electron chi connectivity index (χ1n) is 33.0. The molecule has 6 heteroatoms. The van der Waals surface area contributed by atoms with Gasteiger partial charge in [-0.2, -0.15) is 0 Å². The summed E-state index contributed by atoms with van der Waals surface area (Å²) in [5.41, 5.74) is 0. The lowest BCUT2D eigenvalue weighted by molar-refractivity contribution is -0.167. The Kier molecular flexibility index (Phi) is 61.1. The summed E-state index contributed by atoms with van der Waals surface area (Å²) in [5.74, 6) is -0.868.